The first-order valence-corrected chi connectivity index (χ1v) is 6.97. The van der Waals surface area contributed by atoms with E-state index in [9.17, 15) is 4.79 Å². The van der Waals surface area contributed by atoms with Crippen molar-refractivity contribution in [1.82, 2.24) is 9.88 Å². The van der Waals surface area contributed by atoms with Crippen LogP contribution in [0.3, 0.4) is 0 Å². The van der Waals surface area contributed by atoms with E-state index in [4.69, 9.17) is 5.11 Å². The second-order valence-corrected chi connectivity index (χ2v) is 5.68. The molecule has 1 amide bonds. The first kappa shape index (κ1) is 10.9. The molecule has 4 nitrogen and oxygen atoms in total. The molecule has 0 unspecified atom stereocenters. The van der Waals surface area contributed by atoms with Gasteiger partial charge < -0.3 is 10.0 Å². The predicted molar refractivity (Wildman–Crippen MR) is 67.3 cm³/mol. The third-order valence-electron chi connectivity index (χ3n) is 2.60. The lowest BCUT2D eigenvalue weighted by Crippen LogP contribution is -2.53. The highest BCUT2D eigenvalue weighted by Gasteiger charge is 2.30. The first-order chi connectivity index (χ1) is 8.24. The van der Waals surface area contributed by atoms with Crippen LogP contribution in [0.4, 0.5) is 0 Å². The molecule has 6 heteroatoms. The highest BCUT2D eigenvalue weighted by atomic mass is 32.1. The fourth-order valence-electron chi connectivity index (χ4n) is 1.67. The Balaban J connectivity index is 1.79. The van der Waals surface area contributed by atoms with Crippen LogP contribution in [0.15, 0.2) is 22.9 Å². The molecule has 1 aliphatic rings. The van der Waals surface area contributed by atoms with Gasteiger partial charge in [-0.2, -0.15) is 0 Å². The number of carbonyl (C=O) groups excluding carboxylic acids is 1. The van der Waals surface area contributed by atoms with Crippen molar-refractivity contribution in [2.24, 2.45) is 0 Å². The van der Waals surface area contributed by atoms with Crippen molar-refractivity contribution < 1.29 is 9.90 Å². The summed E-state index contributed by atoms with van der Waals surface area (Å²) < 4.78 is 0. The maximum Gasteiger partial charge on any atom is 0.273 e. The summed E-state index contributed by atoms with van der Waals surface area (Å²) >= 11 is 3.09. The highest BCUT2D eigenvalue weighted by Crippen LogP contribution is 2.28. The number of carbonyl (C=O) groups is 1. The lowest BCUT2D eigenvalue weighted by Gasteiger charge is -2.35. The van der Waals surface area contributed by atoms with Crippen LogP contribution in [0.1, 0.15) is 10.5 Å². The number of thiophene rings is 1. The van der Waals surface area contributed by atoms with Gasteiger partial charge in [-0.05, 0) is 11.4 Å². The number of hydrogen-bond acceptors (Lipinski definition) is 5. The number of hydrogen-bond donors (Lipinski definition) is 1. The summed E-state index contributed by atoms with van der Waals surface area (Å²) in [7, 11) is 0. The lowest BCUT2D eigenvalue weighted by atomic mass is 10.1. The van der Waals surface area contributed by atoms with Crippen molar-refractivity contribution in [3.05, 3.63) is 28.6 Å². The zero-order valence-electron chi connectivity index (χ0n) is 8.87. The van der Waals surface area contributed by atoms with Gasteiger partial charge in [0.15, 0.2) is 0 Å². The van der Waals surface area contributed by atoms with Crippen LogP contribution in [0, 0.1) is 0 Å². The van der Waals surface area contributed by atoms with Gasteiger partial charge in [0, 0.05) is 18.5 Å². The number of aliphatic hydroxyl groups excluding tert-OH is 1. The summed E-state index contributed by atoms with van der Waals surface area (Å²) in [4.78, 5) is 18.9. The molecule has 0 radical (unpaired) electrons. The largest absolute Gasteiger partial charge is 0.389 e. The molecule has 2 aromatic heterocycles. The number of aromatic nitrogens is 1. The smallest absolute Gasteiger partial charge is 0.273 e. The minimum Gasteiger partial charge on any atom is -0.389 e. The number of nitrogens with zero attached hydrogens (tertiary/aromatic N) is 2. The van der Waals surface area contributed by atoms with Gasteiger partial charge in [0.05, 0.1) is 11.0 Å². The van der Waals surface area contributed by atoms with Gasteiger partial charge in [-0.3, -0.25) is 4.79 Å². The molecule has 1 saturated heterocycles. The molecule has 1 aliphatic heterocycles. The molecule has 0 bridgehead atoms. The molecule has 3 rings (SSSR count). The number of thiazole rings is 1. The summed E-state index contributed by atoms with van der Waals surface area (Å²) in [6.07, 6.45) is -0.366. The van der Waals surface area contributed by atoms with Gasteiger partial charge in [-0.1, -0.05) is 6.07 Å². The van der Waals surface area contributed by atoms with E-state index >= 15 is 0 Å². The van der Waals surface area contributed by atoms with E-state index in [0.717, 1.165) is 9.88 Å². The minimum atomic E-state index is -0.366. The number of rotatable bonds is 2. The molecular formula is C11H10N2O2S2. The molecule has 0 atom stereocenters. The van der Waals surface area contributed by atoms with Crippen LogP contribution in [0.5, 0.6) is 0 Å². The maximum absolute atomic E-state index is 11.9. The Bertz CT molecular complexity index is 529. The van der Waals surface area contributed by atoms with E-state index < -0.39 is 0 Å². The van der Waals surface area contributed by atoms with E-state index in [1.54, 1.807) is 21.6 Å². The van der Waals surface area contributed by atoms with E-state index in [2.05, 4.69) is 4.98 Å². The molecule has 0 aliphatic carbocycles. The molecule has 2 aromatic rings. The standard InChI is InChI=1S/C11H10N2O2S2/c14-7-4-13(5-7)11(15)8-6-17-10(12-8)9-2-1-3-16-9/h1-3,6-7,14H,4-5H2. The Morgan fingerprint density at radius 3 is 2.94 bits per heavy atom. The van der Waals surface area contributed by atoms with Gasteiger partial charge in [-0.15, -0.1) is 22.7 Å². The molecule has 88 valence electrons. The third-order valence-corrected chi connectivity index (χ3v) is 4.49. The van der Waals surface area contributed by atoms with Crippen molar-refractivity contribution in [3.8, 4) is 9.88 Å². The van der Waals surface area contributed by atoms with E-state index in [-0.39, 0.29) is 12.0 Å². The third kappa shape index (κ3) is 1.99. The van der Waals surface area contributed by atoms with E-state index in [1.807, 2.05) is 17.5 Å². The van der Waals surface area contributed by atoms with Crippen LogP contribution < -0.4 is 0 Å². The predicted octanol–water partition coefficient (Wildman–Crippen LogP) is 1.69. The minimum absolute atomic E-state index is 0.0886. The fourth-order valence-corrected chi connectivity index (χ4v) is 3.28. The van der Waals surface area contributed by atoms with E-state index in [0.29, 0.717) is 18.8 Å². The Kier molecular flexibility index (Phi) is 2.70. The SMILES string of the molecule is O=C(c1csc(-c2cccs2)n1)N1CC(O)C1. The topological polar surface area (TPSA) is 53.4 Å². The summed E-state index contributed by atoms with van der Waals surface area (Å²) in [6.45, 7) is 0.843. The van der Waals surface area contributed by atoms with Gasteiger partial charge in [-0.25, -0.2) is 4.98 Å². The molecule has 17 heavy (non-hydrogen) atoms. The van der Waals surface area contributed by atoms with Gasteiger partial charge in [0.2, 0.25) is 0 Å². The Morgan fingerprint density at radius 1 is 1.47 bits per heavy atom. The van der Waals surface area contributed by atoms with Crippen molar-refractivity contribution in [2.45, 2.75) is 6.10 Å². The molecule has 0 saturated carbocycles. The second-order valence-electron chi connectivity index (χ2n) is 3.88. The Labute approximate surface area is 106 Å². The van der Waals surface area contributed by atoms with Gasteiger partial charge in [0.1, 0.15) is 10.7 Å². The van der Waals surface area contributed by atoms with Crippen LogP contribution in [-0.4, -0.2) is 40.1 Å². The zero-order chi connectivity index (χ0) is 11.8. The van der Waals surface area contributed by atoms with Crippen LogP contribution in [-0.2, 0) is 0 Å². The Morgan fingerprint density at radius 2 is 2.29 bits per heavy atom. The van der Waals surface area contributed by atoms with Gasteiger partial charge in [0.25, 0.3) is 5.91 Å². The van der Waals surface area contributed by atoms with Crippen molar-refractivity contribution >= 4 is 28.6 Å². The number of amides is 1. The molecular weight excluding hydrogens is 256 g/mol. The average Bonchev–Trinajstić information content (AvgIpc) is 2.92. The van der Waals surface area contributed by atoms with Gasteiger partial charge >= 0.3 is 0 Å². The Hall–Kier alpha value is -1.24. The highest BCUT2D eigenvalue weighted by molar-refractivity contribution is 7.20. The summed E-state index contributed by atoms with van der Waals surface area (Å²) in [5.74, 6) is -0.0886. The zero-order valence-corrected chi connectivity index (χ0v) is 10.5. The summed E-state index contributed by atoms with van der Waals surface area (Å²) in [6, 6.07) is 3.96. The van der Waals surface area contributed by atoms with Crippen molar-refractivity contribution in [2.75, 3.05) is 13.1 Å². The van der Waals surface area contributed by atoms with E-state index in [1.165, 1.54) is 11.3 Å². The lowest BCUT2D eigenvalue weighted by molar-refractivity contribution is 0.00556. The van der Waals surface area contributed by atoms with Crippen LogP contribution >= 0.6 is 22.7 Å². The fraction of sp³-hybridized carbons (Fsp3) is 0.273. The first-order valence-electron chi connectivity index (χ1n) is 5.21. The van der Waals surface area contributed by atoms with Crippen molar-refractivity contribution in [3.63, 3.8) is 0 Å². The summed E-state index contributed by atoms with van der Waals surface area (Å²) in [5.41, 5.74) is 0.477. The molecule has 1 fully saturated rings. The molecule has 3 heterocycles. The van der Waals surface area contributed by atoms with Crippen LogP contribution in [0.25, 0.3) is 9.88 Å². The number of β-amino-alcohol motifs (C(OH)–C–C–N with tert-alkyl or cyclic N) is 1. The summed E-state index contributed by atoms with van der Waals surface area (Å²) in [5, 5.41) is 13.8. The molecule has 1 N–H and O–H groups in total. The quantitative estimate of drug-likeness (QED) is 0.900. The normalized spacial score (nSPS) is 15.9. The van der Waals surface area contributed by atoms with Crippen molar-refractivity contribution in [1.29, 1.82) is 0 Å². The second kappa shape index (κ2) is 4.21. The van der Waals surface area contributed by atoms with Crippen LogP contribution in [0.2, 0.25) is 0 Å². The number of likely N-dealkylation sites (tertiary alicyclic amines) is 1. The number of aliphatic hydroxyl groups is 1. The maximum atomic E-state index is 11.9. The average molecular weight is 266 g/mol. The molecule has 0 spiro atoms. The monoisotopic (exact) mass is 266 g/mol. The molecule has 0 aromatic carbocycles.